The van der Waals surface area contributed by atoms with Crippen molar-refractivity contribution in [1.29, 1.82) is 0 Å². The molecule has 1 unspecified atom stereocenters. The van der Waals surface area contributed by atoms with Gasteiger partial charge in [0.15, 0.2) is 0 Å². The van der Waals surface area contributed by atoms with E-state index in [9.17, 15) is 9.59 Å². The zero-order valence-electron chi connectivity index (χ0n) is 14.7. The summed E-state index contributed by atoms with van der Waals surface area (Å²) in [5, 5.41) is 6.88. The third-order valence-electron chi connectivity index (χ3n) is 4.14. The van der Waals surface area contributed by atoms with Crippen molar-refractivity contribution in [3.63, 3.8) is 0 Å². The number of nitrogens with zero attached hydrogens (tertiary/aromatic N) is 4. The number of rotatable bonds is 5. The van der Waals surface area contributed by atoms with Crippen molar-refractivity contribution in [3.8, 4) is 5.95 Å². The van der Waals surface area contributed by atoms with Gasteiger partial charge in [-0.25, -0.2) is 9.67 Å². The summed E-state index contributed by atoms with van der Waals surface area (Å²) >= 11 is 0. The van der Waals surface area contributed by atoms with Crippen LogP contribution in [0.2, 0.25) is 0 Å². The van der Waals surface area contributed by atoms with Gasteiger partial charge >= 0.3 is 0 Å². The normalized spacial score (nSPS) is 11.7. The van der Waals surface area contributed by atoms with Gasteiger partial charge in [0.25, 0.3) is 11.5 Å². The highest BCUT2D eigenvalue weighted by Gasteiger charge is 2.21. The van der Waals surface area contributed by atoms with E-state index in [1.165, 1.54) is 10.9 Å². The van der Waals surface area contributed by atoms with Gasteiger partial charge in [0.1, 0.15) is 5.56 Å². The molecule has 28 heavy (non-hydrogen) atoms. The van der Waals surface area contributed by atoms with Gasteiger partial charge in [-0.3, -0.25) is 19.6 Å². The minimum atomic E-state index is -0.550. The SMILES string of the molecule is O=C(NC(c1ccccc1)c1ccccn1)c1cnc(-n2cccn2)[nH]c1=O. The summed E-state index contributed by atoms with van der Waals surface area (Å²) in [6, 6.07) is 16.1. The van der Waals surface area contributed by atoms with Crippen LogP contribution in [0.4, 0.5) is 0 Å². The molecular weight excluding hydrogens is 356 g/mol. The van der Waals surface area contributed by atoms with Crippen molar-refractivity contribution in [2.24, 2.45) is 0 Å². The summed E-state index contributed by atoms with van der Waals surface area (Å²) in [6.45, 7) is 0. The lowest BCUT2D eigenvalue weighted by molar-refractivity contribution is 0.0940. The molecule has 4 rings (SSSR count). The topological polar surface area (TPSA) is 106 Å². The number of amides is 1. The van der Waals surface area contributed by atoms with E-state index in [-0.39, 0.29) is 11.5 Å². The van der Waals surface area contributed by atoms with Crippen molar-refractivity contribution >= 4 is 5.91 Å². The molecule has 3 aromatic heterocycles. The molecule has 0 aliphatic rings. The van der Waals surface area contributed by atoms with E-state index in [0.29, 0.717) is 5.69 Å². The third kappa shape index (κ3) is 3.56. The van der Waals surface area contributed by atoms with E-state index in [1.54, 1.807) is 30.7 Å². The number of carbonyl (C=O) groups excluding carboxylic acids is 1. The highest BCUT2D eigenvalue weighted by Crippen LogP contribution is 2.20. The number of pyridine rings is 1. The van der Waals surface area contributed by atoms with Crippen LogP contribution >= 0.6 is 0 Å². The lowest BCUT2D eigenvalue weighted by Crippen LogP contribution is -2.34. The Morgan fingerprint density at radius 1 is 1.00 bits per heavy atom. The summed E-state index contributed by atoms with van der Waals surface area (Å²) in [7, 11) is 0. The molecular formula is C20H16N6O2. The van der Waals surface area contributed by atoms with E-state index in [2.05, 4.69) is 25.4 Å². The first-order valence-electron chi connectivity index (χ1n) is 8.58. The molecule has 0 aliphatic heterocycles. The van der Waals surface area contributed by atoms with E-state index in [0.717, 1.165) is 5.56 Å². The maximum Gasteiger partial charge on any atom is 0.265 e. The van der Waals surface area contributed by atoms with Gasteiger partial charge in [-0.1, -0.05) is 36.4 Å². The Balaban J connectivity index is 1.64. The standard InChI is InChI=1S/C20H16N6O2/c27-18(15-13-22-20(25-19(15)28)26-12-6-11-23-26)24-17(14-7-2-1-3-8-14)16-9-4-5-10-21-16/h1-13,17H,(H,24,27)(H,22,25,28). The number of aromatic amines is 1. The maximum atomic E-state index is 12.8. The summed E-state index contributed by atoms with van der Waals surface area (Å²) < 4.78 is 1.41. The quantitative estimate of drug-likeness (QED) is 0.556. The minimum absolute atomic E-state index is 0.0900. The predicted octanol–water partition coefficient (Wildman–Crippen LogP) is 1.87. The molecule has 1 amide bonds. The first-order valence-corrected chi connectivity index (χ1v) is 8.58. The molecule has 138 valence electrons. The number of hydrogen-bond donors (Lipinski definition) is 2. The number of nitrogens with one attached hydrogen (secondary N) is 2. The Bertz CT molecular complexity index is 1080. The summed E-state index contributed by atoms with van der Waals surface area (Å²) in [6.07, 6.45) is 6.11. The Morgan fingerprint density at radius 2 is 1.82 bits per heavy atom. The van der Waals surface area contributed by atoms with Crippen LogP contribution in [0.3, 0.4) is 0 Å². The molecule has 0 radical (unpaired) electrons. The molecule has 0 saturated carbocycles. The fraction of sp³-hybridized carbons (Fsp3) is 0.0500. The van der Waals surface area contributed by atoms with Crippen LogP contribution in [-0.2, 0) is 0 Å². The summed E-state index contributed by atoms with van der Waals surface area (Å²) in [5.41, 5.74) is 0.880. The average Bonchev–Trinajstić information content (AvgIpc) is 3.28. The number of benzene rings is 1. The molecule has 8 nitrogen and oxygen atoms in total. The Kier molecular flexibility index (Phi) is 4.75. The maximum absolute atomic E-state index is 12.8. The molecule has 0 saturated heterocycles. The minimum Gasteiger partial charge on any atom is -0.339 e. The van der Waals surface area contributed by atoms with Crippen LogP contribution in [0.1, 0.15) is 27.7 Å². The van der Waals surface area contributed by atoms with Crippen molar-refractivity contribution in [2.45, 2.75) is 6.04 Å². The highest BCUT2D eigenvalue weighted by molar-refractivity contribution is 5.94. The molecule has 4 aromatic rings. The van der Waals surface area contributed by atoms with Crippen LogP contribution in [0.15, 0.2) is 84.2 Å². The number of carbonyl (C=O) groups is 1. The third-order valence-corrected chi connectivity index (χ3v) is 4.14. The molecule has 8 heteroatoms. The fourth-order valence-corrected chi connectivity index (χ4v) is 2.79. The first kappa shape index (κ1) is 17.3. The molecule has 0 fully saturated rings. The van der Waals surface area contributed by atoms with Gasteiger partial charge in [0.05, 0.1) is 11.7 Å². The number of hydrogen-bond acceptors (Lipinski definition) is 5. The predicted molar refractivity (Wildman–Crippen MR) is 102 cm³/mol. The van der Waals surface area contributed by atoms with Crippen molar-refractivity contribution < 1.29 is 4.79 Å². The summed E-state index contributed by atoms with van der Waals surface area (Å²) in [5.74, 6) is -0.309. The van der Waals surface area contributed by atoms with Crippen LogP contribution in [0, 0.1) is 0 Å². The van der Waals surface area contributed by atoms with Gasteiger partial charge in [-0.15, -0.1) is 0 Å². The van der Waals surface area contributed by atoms with Crippen molar-refractivity contribution in [2.75, 3.05) is 0 Å². The number of H-pyrrole nitrogens is 1. The second-order valence-corrected chi connectivity index (χ2v) is 5.97. The van der Waals surface area contributed by atoms with Crippen LogP contribution < -0.4 is 10.9 Å². The van der Waals surface area contributed by atoms with Gasteiger partial charge in [0.2, 0.25) is 5.95 Å². The van der Waals surface area contributed by atoms with Crippen molar-refractivity contribution in [1.82, 2.24) is 30.0 Å². The van der Waals surface area contributed by atoms with Gasteiger partial charge < -0.3 is 5.32 Å². The monoisotopic (exact) mass is 372 g/mol. The van der Waals surface area contributed by atoms with Crippen LogP contribution in [-0.4, -0.2) is 30.6 Å². The molecule has 0 spiro atoms. The Hall–Kier alpha value is -4.07. The van der Waals surface area contributed by atoms with E-state index in [1.807, 2.05) is 42.5 Å². The van der Waals surface area contributed by atoms with Gasteiger partial charge in [-0.2, -0.15) is 5.10 Å². The zero-order chi connectivity index (χ0) is 19.3. The Morgan fingerprint density at radius 3 is 2.50 bits per heavy atom. The molecule has 1 aromatic carbocycles. The molecule has 2 N–H and O–H groups in total. The lowest BCUT2D eigenvalue weighted by atomic mass is 10.0. The largest absolute Gasteiger partial charge is 0.339 e. The van der Waals surface area contributed by atoms with Crippen molar-refractivity contribution in [3.05, 3.63) is 107 Å². The Labute approximate surface area is 159 Å². The van der Waals surface area contributed by atoms with E-state index >= 15 is 0 Å². The lowest BCUT2D eigenvalue weighted by Gasteiger charge is -2.18. The first-order chi connectivity index (χ1) is 13.7. The van der Waals surface area contributed by atoms with E-state index < -0.39 is 17.5 Å². The van der Waals surface area contributed by atoms with Gasteiger partial charge in [-0.05, 0) is 23.8 Å². The fourth-order valence-electron chi connectivity index (χ4n) is 2.79. The molecule has 3 heterocycles. The van der Waals surface area contributed by atoms with Crippen LogP contribution in [0.5, 0.6) is 0 Å². The number of aromatic nitrogens is 5. The highest BCUT2D eigenvalue weighted by atomic mass is 16.2. The summed E-state index contributed by atoms with van der Waals surface area (Å²) in [4.78, 5) is 36.3. The zero-order valence-corrected chi connectivity index (χ0v) is 14.7. The second-order valence-electron chi connectivity index (χ2n) is 5.97. The smallest absolute Gasteiger partial charge is 0.265 e. The van der Waals surface area contributed by atoms with E-state index in [4.69, 9.17) is 0 Å². The molecule has 1 atom stereocenters. The van der Waals surface area contributed by atoms with Crippen LogP contribution in [0.25, 0.3) is 5.95 Å². The average molecular weight is 372 g/mol. The molecule has 0 bridgehead atoms. The second kappa shape index (κ2) is 7.67. The molecule has 0 aliphatic carbocycles. The van der Waals surface area contributed by atoms with Gasteiger partial charge in [0, 0.05) is 24.8 Å².